The lowest BCUT2D eigenvalue weighted by Crippen LogP contribution is -2.21. The first-order chi connectivity index (χ1) is 7.36. The topological polar surface area (TPSA) is 46.0 Å². The summed E-state index contributed by atoms with van der Waals surface area (Å²) in [7, 11) is 0. The first kappa shape index (κ1) is 10.9. The van der Waals surface area contributed by atoms with E-state index in [1.165, 1.54) is 12.8 Å². The van der Waals surface area contributed by atoms with Gasteiger partial charge in [-0.3, -0.25) is 0 Å². The fraction of sp³-hybridized carbons (Fsp3) is 0.636. The molecule has 0 bridgehead atoms. The Balaban J connectivity index is 1.97. The Morgan fingerprint density at radius 2 is 2.13 bits per heavy atom. The minimum atomic E-state index is -0.174. The van der Waals surface area contributed by atoms with Gasteiger partial charge in [0.25, 0.3) is 0 Å². The zero-order valence-corrected chi connectivity index (χ0v) is 9.49. The van der Waals surface area contributed by atoms with Crippen molar-refractivity contribution in [1.82, 2.24) is 9.97 Å². The summed E-state index contributed by atoms with van der Waals surface area (Å²) in [5.74, 6) is 0. The Morgan fingerprint density at radius 1 is 1.27 bits per heavy atom. The first-order valence-corrected chi connectivity index (χ1v) is 6.35. The SMILES string of the molecule is OC1CCCCCC1Sc1ccncn1. The van der Waals surface area contributed by atoms with Gasteiger partial charge in [-0.25, -0.2) is 9.97 Å². The molecule has 15 heavy (non-hydrogen) atoms. The molecular weight excluding hydrogens is 208 g/mol. The van der Waals surface area contributed by atoms with Gasteiger partial charge in [-0.2, -0.15) is 0 Å². The van der Waals surface area contributed by atoms with Crippen molar-refractivity contribution >= 4 is 11.8 Å². The van der Waals surface area contributed by atoms with Crippen LogP contribution in [0.25, 0.3) is 0 Å². The molecule has 1 N–H and O–H groups in total. The standard InChI is InChI=1S/C11H16N2OS/c14-9-4-2-1-3-5-10(9)15-11-6-7-12-8-13-11/h6-10,14H,1-5H2. The Hall–Kier alpha value is -0.610. The summed E-state index contributed by atoms with van der Waals surface area (Å²) in [6.45, 7) is 0. The maximum atomic E-state index is 9.95. The number of hydrogen-bond donors (Lipinski definition) is 1. The molecule has 1 aromatic rings. The van der Waals surface area contributed by atoms with E-state index in [-0.39, 0.29) is 6.10 Å². The molecule has 0 saturated heterocycles. The molecule has 2 atom stereocenters. The molecule has 0 radical (unpaired) electrons. The van der Waals surface area contributed by atoms with Crippen LogP contribution >= 0.6 is 11.8 Å². The first-order valence-electron chi connectivity index (χ1n) is 5.47. The number of aliphatic hydroxyl groups is 1. The van der Waals surface area contributed by atoms with E-state index in [1.54, 1.807) is 24.3 Å². The maximum Gasteiger partial charge on any atom is 0.116 e. The second-order valence-electron chi connectivity index (χ2n) is 3.91. The van der Waals surface area contributed by atoms with Crippen LogP contribution in [0.15, 0.2) is 23.6 Å². The summed E-state index contributed by atoms with van der Waals surface area (Å²) in [4.78, 5) is 8.07. The maximum absolute atomic E-state index is 9.95. The van der Waals surface area contributed by atoms with Gasteiger partial charge in [0, 0.05) is 11.4 Å². The largest absolute Gasteiger partial charge is 0.392 e. The quantitative estimate of drug-likeness (QED) is 0.618. The average molecular weight is 224 g/mol. The Kier molecular flexibility index (Phi) is 3.97. The van der Waals surface area contributed by atoms with Crippen molar-refractivity contribution in [2.75, 3.05) is 0 Å². The Bertz CT molecular complexity index is 294. The van der Waals surface area contributed by atoms with Crippen molar-refractivity contribution in [1.29, 1.82) is 0 Å². The van der Waals surface area contributed by atoms with Gasteiger partial charge in [0.1, 0.15) is 6.33 Å². The third kappa shape index (κ3) is 3.18. The number of hydrogen-bond acceptors (Lipinski definition) is 4. The number of aromatic nitrogens is 2. The van der Waals surface area contributed by atoms with Crippen LogP contribution in [0, 0.1) is 0 Å². The van der Waals surface area contributed by atoms with Gasteiger partial charge < -0.3 is 5.11 Å². The van der Waals surface area contributed by atoms with E-state index in [2.05, 4.69) is 9.97 Å². The van der Waals surface area contributed by atoms with Crippen LogP contribution in [-0.4, -0.2) is 26.4 Å². The normalized spacial score (nSPS) is 27.3. The predicted molar refractivity (Wildman–Crippen MR) is 60.8 cm³/mol. The summed E-state index contributed by atoms with van der Waals surface area (Å²) < 4.78 is 0. The van der Waals surface area contributed by atoms with Gasteiger partial charge in [0.05, 0.1) is 11.1 Å². The number of aliphatic hydroxyl groups excluding tert-OH is 1. The lowest BCUT2D eigenvalue weighted by molar-refractivity contribution is 0.163. The molecule has 4 heteroatoms. The van der Waals surface area contributed by atoms with Gasteiger partial charge in [0.2, 0.25) is 0 Å². The molecule has 1 heterocycles. The van der Waals surface area contributed by atoms with E-state index < -0.39 is 0 Å². The minimum Gasteiger partial charge on any atom is -0.392 e. The molecule has 1 saturated carbocycles. The fourth-order valence-corrected chi connectivity index (χ4v) is 3.03. The van der Waals surface area contributed by atoms with Crippen molar-refractivity contribution in [2.45, 2.75) is 48.5 Å². The highest BCUT2D eigenvalue weighted by Crippen LogP contribution is 2.31. The number of rotatable bonds is 2. The molecular formula is C11H16N2OS. The van der Waals surface area contributed by atoms with Gasteiger partial charge in [-0.1, -0.05) is 19.3 Å². The summed E-state index contributed by atoms with van der Waals surface area (Å²) in [6, 6.07) is 1.91. The third-order valence-electron chi connectivity index (χ3n) is 2.74. The lowest BCUT2D eigenvalue weighted by atomic mass is 10.1. The fourth-order valence-electron chi connectivity index (χ4n) is 1.89. The number of nitrogens with zero attached hydrogens (tertiary/aromatic N) is 2. The van der Waals surface area contributed by atoms with Crippen molar-refractivity contribution in [3.63, 3.8) is 0 Å². The molecule has 82 valence electrons. The van der Waals surface area contributed by atoms with E-state index in [4.69, 9.17) is 0 Å². The van der Waals surface area contributed by atoms with Crippen LogP contribution in [0.5, 0.6) is 0 Å². The second-order valence-corrected chi connectivity index (χ2v) is 5.17. The molecule has 3 nitrogen and oxygen atoms in total. The third-order valence-corrected chi connectivity index (χ3v) is 4.08. The van der Waals surface area contributed by atoms with Crippen molar-refractivity contribution in [3.05, 3.63) is 18.6 Å². The van der Waals surface area contributed by atoms with Crippen LogP contribution in [0.3, 0.4) is 0 Å². The van der Waals surface area contributed by atoms with E-state index >= 15 is 0 Å². The summed E-state index contributed by atoms with van der Waals surface area (Å²) >= 11 is 1.68. The van der Waals surface area contributed by atoms with Crippen LogP contribution in [0.1, 0.15) is 32.1 Å². The van der Waals surface area contributed by atoms with Crippen molar-refractivity contribution < 1.29 is 5.11 Å². The minimum absolute atomic E-state index is 0.174. The monoisotopic (exact) mass is 224 g/mol. The van der Waals surface area contributed by atoms with E-state index in [0.717, 1.165) is 24.3 Å². The van der Waals surface area contributed by atoms with Gasteiger partial charge in [-0.15, -0.1) is 11.8 Å². The van der Waals surface area contributed by atoms with E-state index in [9.17, 15) is 5.11 Å². The summed E-state index contributed by atoms with van der Waals surface area (Å²) in [5.41, 5.74) is 0. The Labute approximate surface area is 94.3 Å². The summed E-state index contributed by atoms with van der Waals surface area (Å²) in [5, 5.41) is 11.2. The highest BCUT2D eigenvalue weighted by atomic mass is 32.2. The second kappa shape index (κ2) is 5.47. The Morgan fingerprint density at radius 3 is 2.93 bits per heavy atom. The highest BCUT2D eigenvalue weighted by molar-refractivity contribution is 7.99. The molecule has 1 aliphatic rings. The highest BCUT2D eigenvalue weighted by Gasteiger charge is 2.22. The van der Waals surface area contributed by atoms with Crippen LogP contribution < -0.4 is 0 Å². The van der Waals surface area contributed by atoms with E-state index in [1.807, 2.05) is 6.07 Å². The van der Waals surface area contributed by atoms with Crippen LogP contribution in [-0.2, 0) is 0 Å². The predicted octanol–water partition coefficient (Wildman–Crippen LogP) is 2.26. The van der Waals surface area contributed by atoms with Gasteiger partial charge >= 0.3 is 0 Å². The summed E-state index contributed by atoms with van der Waals surface area (Å²) in [6.07, 6.45) is 8.79. The lowest BCUT2D eigenvalue weighted by Gasteiger charge is -2.18. The number of thioether (sulfide) groups is 1. The van der Waals surface area contributed by atoms with Crippen molar-refractivity contribution in [3.8, 4) is 0 Å². The molecule has 1 aliphatic carbocycles. The van der Waals surface area contributed by atoms with Crippen molar-refractivity contribution in [2.24, 2.45) is 0 Å². The molecule has 2 rings (SSSR count). The van der Waals surface area contributed by atoms with Gasteiger partial charge in [-0.05, 0) is 18.9 Å². The molecule has 0 aliphatic heterocycles. The van der Waals surface area contributed by atoms with E-state index in [0.29, 0.717) is 5.25 Å². The molecule has 0 spiro atoms. The zero-order valence-electron chi connectivity index (χ0n) is 8.67. The smallest absolute Gasteiger partial charge is 0.116 e. The molecule has 1 fully saturated rings. The van der Waals surface area contributed by atoms with Crippen LogP contribution in [0.2, 0.25) is 0 Å². The molecule has 2 unspecified atom stereocenters. The molecule has 0 aromatic carbocycles. The van der Waals surface area contributed by atoms with Crippen LogP contribution in [0.4, 0.5) is 0 Å². The molecule has 0 amide bonds. The molecule has 1 aromatic heterocycles. The zero-order chi connectivity index (χ0) is 10.5. The van der Waals surface area contributed by atoms with Gasteiger partial charge in [0.15, 0.2) is 0 Å². The average Bonchev–Trinajstić information content (AvgIpc) is 2.46.